The van der Waals surface area contributed by atoms with E-state index >= 15 is 0 Å². The predicted octanol–water partition coefficient (Wildman–Crippen LogP) is 3.32. The van der Waals surface area contributed by atoms with Crippen LogP contribution < -0.4 is 10.6 Å². The fourth-order valence-electron chi connectivity index (χ4n) is 3.34. The molecule has 0 aliphatic heterocycles. The largest absolute Gasteiger partial charge is 0.356 e. The summed E-state index contributed by atoms with van der Waals surface area (Å²) >= 11 is 3.60. The highest BCUT2D eigenvalue weighted by atomic mass is 79.9. The summed E-state index contributed by atoms with van der Waals surface area (Å²) in [7, 11) is 1.83. The Balaban J connectivity index is 1.48. The van der Waals surface area contributed by atoms with Gasteiger partial charge in [-0.15, -0.1) is 0 Å². The molecule has 1 aromatic heterocycles. The molecule has 0 amide bonds. The fourth-order valence-corrected chi connectivity index (χ4v) is 3.74. The van der Waals surface area contributed by atoms with Crippen LogP contribution in [0.4, 0.5) is 0 Å². The maximum Gasteiger partial charge on any atom is 0.191 e. The zero-order valence-electron chi connectivity index (χ0n) is 14.7. The van der Waals surface area contributed by atoms with Gasteiger partial charge in [0.2, 0.25) is 0 Å². The van der Waals surface area contributed by atoms with Gasteiger partial charge in [0.15, 0.2) is 5.96 Å². The van der Waals surface area contributed by atoms with Crippen LogP contribution in [0.2, 0.25) is 0 Å². The molecule has 1 aliphatic carbocycles. The number of nitrogens with one attached hydrogen (secondary N) is 2. The van der Waals surface area contributed by atoms with Crippen molar-refractivity contribution in [2.75, 3.05) is 20.1 Å². The van der Waals surface area contributed by atoms with E-state index in [1.165, 1.54) is 24.8 Å². The van der Waals surface area contributed by atoms with E-state index in [1.807, 2.05) is 30.2 Å². The van der Waals surface area contributed by atoms with E-state index < -0.39 is 0 Å². The summed E-state index contributed by atoms with van der Waals surface area (Å²) in [6.07, 6.45) is 8.57. The summed E-state index contributed by atoms with van der Waals surface area (Å²) in [5.41, 5.74) is 1.64. The van der Waals surface area contributed by atoms with Crippen LogP contribution >= 0.6 is 15.9 Å². The first-order chi connectivity index (χ1) is 12.2. The topological polar surface area (TPSA) is 54.2 Å². The first-order valence-electron chi connectivity index (χ1n) is 8.90. The third-order valence-electron chi connectivity index (χ3n) is 4.98. The number of halogens is 1. The van der Waals surface area contributed by atoms with Gasteiger partial charge in [-0.3, -0.25) is 9.67 Å². The van der Waals surface area contributed by atoms with Crippen molar-refractivity contribution in [3.8, 4) is 0 Å². The van der Waals surface area contributed by atoms with Crippen LogP contribution in [-0.4, -0.2) is 35.9 Å². The lowest BCUT2D eigenvalue weighted by Gasteiger charge is -2.43. The molecule has 2 N–H and O–H groups in total. The van der Waals surface area contributed by atoms with Crippen molar-refractivity contribution in [3.05, 3.63) is 52.8 Å². The van der Waals surface area contributed by atoms with Gasteiger partial charge < -0.3 is 10.6 Å². The molecule has 5 nitrogen and oxygen atoms in total. The molecule has 25 heavy (non-hydrogen) atoms. The number of aliphatic imine (C=N–C) groups is 1. The van der Waals surface area contributed by atoms with Gasteiger partial charge in [0.1, 0.15) is 0 Å². The number of hydrogen-bond donors (Lipinski definition) is 2. The summed E-state index contributed by atoms with van der Waals surface area (Å²) in [6, 6.07) is 10.7. The third kappa shape index (κ3) is 4.63. The van der Waals surface area contributed by atoms with E-state index in [2.05, 4.69) is 60.9 Å². The summed E-state index contributed by atoms with van der Waals surface area (Å²) in [6.45, 7) is 2.71. The Labute approximate surface area is 158 Å². The molecule has 1 aliphatic rings. The van der Waals surface area contributed by atoms with Gasteiger partial charge >= 0.3 is 0 Å². The molecule has 1 heterocycles. The molecule has 1 saturated carbocycles. The van der Waals surface area contributed by atoms with E-state index in [4.69, 9.17) is 0 Å². The summed E-state index contributed by atoms with van der Waals surface area (Å²) in [5, 5.41) is 11.1. The SMILES string of the molecule is CN=C(NCCCn1cccn1)NCC1(c2cccc(Br)c2)CCC1. The van der Waals surface area contributed by atoms with E-state index in [0.717, 1.165) is 36.5 Å². The molecule has 2 aromatic rings. The molecule has 3 rings (SSSR count). The van der Waals surface area contributed by atoms with Gasteiger partial charge in [-0.25, -0.2) is 0 Å². The highest BCUT2D eigenvalue weighted by Gasteiger charge is 2.38. The summed E-state index contributed by atoms with van der Waals surface area (Å²) in [4.78, 5) is 4.36. The second kappa shape index (κ2) is 8.52. The van der Waals surface area contributed by atoms with Gasteiger partial charge in [0.25, 0.3) is 0 Å². The van der Waals surface area contributed by atoms with Crippen LogP contribution in [0.25, 0.3) is 0 Å². The summed E-state index contributed by atoms with van der Waals surface area (Å²) < 4.78 is 3.10. The highest BCUT2D eigenvalue weighted by molar-refractivity contribution is 9.10. The maximum atomic E-state index is 4.36. The molecule has 0 spiro atoms. The zero-order chi connectivity index (χ0) is 17.5. The van der Waals surface area contributed by atoms with Crippen molar-refractivity contribution in [2.24, 2.45) is 4.99 Å². The van der Waals surface area contributed by atoms with Crippen LogP contribution in [0.5, 0.6) is 0 Å². The van der Waals surface area contributed by atoms with Crippen molar-refractivity contribution >= 4 is 21.9 Å². The van der Waals surface area contributed by atoms with Crippen LogP contribution in [-0.2, 0) is 12.0 Å². The Kier molecular flexibility index (Phi) is 6.13. The molecule has 0 bridgehead atoms. The Morgan fingerprint density at radius 2 is 2.20 bits per heavy atom. The lowest BCUT2D eigenvalue weighted by atomic mass is 9.64. The standard InChI is InChI=1S/C19H26BrN5/c1-21-18(22-10-4-12-25-13-5-11-24-25)23-15-19(8-3-9-19)16-6-2-7-17(20)14-16/h2,5-7,11,13-14H,3-4,8-10,12,15H2,1H3,(H2,21,22,23). The van der Waals surface area contributed by atoms with E-state index in [-0.39, 0.29) is 5.41 Å². The van der Waals surface area contributed by atoms with Crippen molar-refractivity contribution < 1.29 is 0 Å². The second-order valence-electron chi connectivity index (χ2n) is 6.62. The van der Waals surface area contributed by atoms with Crippen LogP contribution in [0, 0.1) is 0 Å². The molecule has 6 heteroatoms. The lowest BCUT2D eigenvalue weighted by Crippen LogP contribution is -2.49. The number of benzene rings is 1. The monoisotopic (exact) mass is 403 g/mol. The molecule has 1 fully saturated rings. The quantitative estimate of drug-likeness (QED) is 0.423. The molecule has 0 radical (unpaired) electrons. The first-order valence-corrected chi connectivity index (χ1v) is 9.69. The van der Waals surface area contributed by atoms with Gasteiger partial charge in [0.05, 0.1) is 0 Å². The van der Waals surface area contributed by atoms with Crippen molar-refractivity contribution in [2.45, 2.75) is 37.6 Å². The van der Waals surface area contributed by atoms with Crippen molar-refractivity contribution in [1.82, 2.24) is 20.4 Å². The van der Waals surface area contributed by atoms with Crippen LogP contribution in [0.1, 0.15) is 31.2 Å². The minimum atomic E-state index is 0.233. The van der Waals surface area contributed by atoms with Crippen LogP contribution in [0.15, 0.2) is 52.2 Å². The highest BCUT2D eigenvalue weighted by Crippen LogP contribution is 2.43. The third-order valence-corrected chi connectivity index (χ3v) is 5.47. The normalized spacial score (nSPS) is 16.3. The molecule has 0 atom stereocenters. The Hall–Kier alpha value is -1.82. The van der Waals surface area contributed by atoms with Crippen molar-refractivity contribution in [3.63, 3.8) is 0 Å². The maximum absolute atomic E-state index is 4.36. The molecular weight excluding hydrogens is 378 g/mol. The number of hydrogen-bond acceptors (Lipinski definition) is 2. The minimum Gasteiger partial charge on any atom is -0.356 e. The van der Waals surface area contributed by atoms with E-state index in [9.17, 15) is 0 Å². The van der Waals surface area contributed by atoms with E-state index in [0.29, 0.717) is 0 Å². The zero-order valence-corrected chi connectivity index (χ0v) is 16.3. The number of aromatic nitrogens is 2. The molecule has 0 saturated heterocycles. The molecule has 1 aromatic carbocycles. The Morgan fingerprint density at radius 1 is 1.32 bits per heavy atom. The fraction of sp³-hybridized carbons (Fsp3) is 0.474. The summed E-state index contributed by atoms with van der Waals surface area (Å²) in [5.74, 6) is 0.877. The minimum absolute atomic E-state index is 0.233. The van der Waals surface area contributed by atoms with Gasteiger partial charge in [0, 0.05) is 49.0 Å². The van der Waals surface area contributed by atoms with E-state index in [1.54, 1.807) is 0 Å². The number of nitrogens with zero attached hydrogens (tertiary/aromatic N) is 3. The molecule has 134 valence electrons. The Bertz CT molecular complexity index is 692. The smallest absolute Gasteiger partial charge is 0.191 e. The number of guanidine groups is 1. The van der Waals surface area contributed by atoms with Crippen LogP contribution in [0.3, 0.4) is 0 Å². The lowest BCUT2D eigenvalue weighted by molar-refractivity contribution is 0.243. The predicted molar refractivity (Wildman–Crippen MR) is 106 cm³/mol. The second-order valence-corrected chi connectivity index (χ2v) is 7.54. The molecule has 0 unspecified atom stereocenters. The van der Waals surface area contributed by atoms with Crippen molar-refractivity contribution in [1.29, 1.82) is 0 Å². The first kappa shape index (κ1) is 18.0. The average molecular weight is 404 g/mol. The van der Waals surface area contributed by atoms with Gasteiger partial charge in [-0.1, -0.05) is 34.5 Å². The number of aryl methyl sites for hydroxylation is 1. The van der Waals surface area contributed by atoms with Gasteiger partial charge in [-0.2, -0.15) is 5.10 Å². The number of rotatable bonds is 7. The molecular formula is C19H26BrN5. The Morgan fingerprint density at radius 3 is 2.84 bits per heavy atom. The average Bonchev–Trinajstić information content (AvgIpc) is 3.09. The van der Waals surface area contributed by atoms with Gasteiger partial charge in [-0.05, 0) is 43.0 Å².